The summed E-state index contributed by atoms with van der Waals surface area (Å²) in [6.07, 6.45) is -6.47. The Kier molecular flexibility index (Phi) is 4.45. The fourth-order valence-electron chi connectivity index (χ4n) is 3.01. The highest BCUT2D eigenvalue weighted by molar-refractivity contribution is 9.09. The summed E-state index contributed by atoms with van der Waals surface area (Å²) in [4.78, 5) is 0. The monoisotopic (exact) mass is 384 g/mol. The Balaban J connectivity index is 2.13. The lowest BCUT2D eigenvalue weighted by Gasteiger charge is -2.47. The van der Waals surface area contributed by atoms with Gasteiger partial charge in [-0.2, -0.15) is 0 Å². The van der Waals surface area contributed by atoms with Crippen LogP contribution in [0.25, 0.3) is 10.8 Å². The molecule has 124 valence electrons. The predicted molar refractivity (Wildman–Crippen MR) is 85.7 cm³/mol. The molecule has 0 aliphatic carbocycles. The second-order valence-electron chi connectivity index (χ2n) is 5.61. The molecule has 0 aromatic heterocycles. The van der Waals surface area contributed by atoms with E-state index in [-0.39, 0.29) is 5.56 Å². The highest BCUT2D eigenvalue weighted by Gasteiger charge is 2.57. The van der Waals surface area contributed by atoms with Gasteiger partial charge in [-0.25, -0.2) is 0 Å². The quantitative estimate of drug-likeness (QED) is 0.472. The molecule has 0 bridgehead atoms. The van der Waals surface area contributed by atoms with Gasteiger partial charge in [-0.15, -0.1) is 0 Å². The minimum Gasteiger partial charge on any atom is -0.387 e. The normalized spacial score (nSPS) is 36.1. The Morgan fingerprint density at radius 1 is 1.04 bits per heavy atom. The fourth-order valence-corrected chi connectivity index (χ4v) is 3.45. The van der Waals surface area contributed by atoms with Crippen LogP contribution in [0, 0.1) is 0 Å². The zero-order chi connectivity index (χ0) is 16.8. The van der Waals surface area contributed by atoms with Crippen LogP contribution >= 0.6 is 15.9 Å². The minimum atomic E-state index is -2.24. The first kappa shape index (κ1) is 16.8. The Morgan fingerprint density at radius 2 is 1.70 bits per heavy atom. The summed E-state index contributed by atoms with van der Waals surface area (Å²) in [5.74, 6) is 0. The van der Waals surface area contributed by atoms with Gasteiger partial charge in [0.2, 0.25) is 0 Å². The molecule has 5 N–H and O–H groups in total. The van der Waals surface area contributed by atoms with E-state index in [2.05, 4.69) is 15.9 Å². The first-order chi connectivity index (χ1) is 10.9. The van der Waals surface area contributed by atoms with Crippen LogP contribution in [0.4, 0.5) is 0 Å². The molecule has 6 nitrogen and oxygen atoms in total. The van der Waals surface area contributed by atoms with Crippen molar-refractivity contribution in [2.75, 3.05) is 0 Å². The average Bonchev–Trinajstić information content (AvgIpc) is 2.55. The van der Waals surface area contributed by atoms with Gasteiger partial charge in [0, 0.05) is 0 Å². The van der Waals surface area contributed by atoms with E-state index in [0.717, 1.165) is 5.39 Å². The molecule has 2 aromatic carbocycles. The van der Waals surface area contributed by atoms with E-state index in [0.29, 0.717) is 5.39 Å². The van der Waals surface area contributed by atoms with E-state index in [9.17, 15) is 25.5 Å². The third-order valence-electron chi connectivity index (χ3n) is 4.27. The van der Waals surface area contributed by atoms with Gasteiger partial charge in [0.1, 0.15) is 23.3 Å². The summed E-state index contributed by atoms with van der Waals surface area (Å²) < 4.78 is 5.15. The van der Waals surface area contributed by atoms with Crippen LogP contribution in [-0.2, 0) is 10.3 Å². The second kappa shape index (κ2) is 6.10. The molecule has 23 heavy (non-hydrogen) atoms. The van der Waals surface area contributed by atoms with Crippen molar-refractivity contribution in [1.82, 2.24) is 0 Å². The third kappa shape index (κ3) is 2.58. The molecule has 1 heterocycles. The zero-order valence-electron chi connectivity index (χ0n) is 12.0. The van der Waals surface area contributed by atoms with E-state index in [1.54, 1.807) is 24.3 Å². The molecule has 0 amide bonds. The lowest BCUT2D eigenvalue weighted by Crippen LogP contribution is -2.65. The van der Waals surface area contributed by atoms with Gasteiger partial charge >= 0.3 is 0 Å². The molecule has 1 saturated heterocycles. The van der Waals surface area contributed by atoms with Crippen LogP contribution in [0.2, 0.25) is 0 Å². The summed E-state index contributed by atoms with van der Waals surface area (Å²) in [6, 6.07) is 12.2. The number of aliphatic hydroxyl groups is 5. The van der Waals surface area contributed by atoms with Crippen LogP contribution in [0.3, 0.4) is 0 Å². The summed E-state index contributed by atoms with van der Waals surface area (Å²) in [6.45, 7) is 0. The van der Waals surface area contributed by atoms with E-state index in [1.165, 1.54) is 0 Å². The van der Waals surface area contributed by atoms with E-state index in [1.807, 2.05) is 18.2 Å². The van der Waals surface area contributed by atoms with Crippen molar-refractivity contribution in [3.8, 4) is 0 Å². The molecule has 2 aromatic rings. The van der Waals surface area contributed by atoms with E-state index in [4.69, 9.17) is 4.74 Å². The molecule has 0 radical (unpaired) electrons. The number of hydrogen-bond donors (Lipinski definition) is 5. The molecule has 7 heteroatoms. The maximum atomic E-state index is 11.0. The topological polar surface area (TPSA) is 110 Å². The zero-order valence-corrected chi connectivity index (χ0v) is 13.5. The second-order valence-corrected chi connectivity index (χ2v) is 6.55. The summed E-state index contributed by atoms with van der Waals surface area (Å²) in [5, 5.41) is 51.5. The van der Waals surface area contributed by atoms with Crippen LogP contribution in [0.5, 0.6) is 0 Å². The number of halogens is 1. The number of rotatable bonds is 2. The first-order valence-electron chi connectivity index (χ1n) is 7.09. The summed E-state index contributed by atoms with van der Waals surface area (Å²) in [7, 11) is 0. The molecular formula is C16H17BrO6. The van der Waals surface area contributed by atoms with E-state index >= 15 is 0 Å². The minimum absolute atomic E-state index is 0.233. The average molecular weight is 385 g/mol. The Labute approximate surface area is 140 Å². The van der Waals surface area contributed by atoms with Gasteiger partial charge in [-0.05, 0) is 16.3 Å². The number of alkyl halides is 1. The molecule has 2 unspecified atom stereocenters. The molecule has 1 aliphatic rings. The largest absolute Gasteiger partial charge is 0.387 e. The number of hydrogen-bond acceptors (Lipinski definition) is 6. The van der Waals surface area contributed by atoms with Gasteiger partial charge in [-0.1, -0.05) is 58.4 Å². The Hall–Kier alpha value is -1.06. The predicted octanol–water partition coefficient (Wildman–Crippen LogP) is 0.180. The number of aliphatic hydroxyl groups excluding tert-OH is 4. The van der Waals surface area contributed by atoms with Crippen molar-refractivity contribution in [3.63, 3.8) is 0 Å². The standard InChI is InChI=1S/C16H17BrO6/c17-14(20)12-11(18)13(19)16(22,15(21)23-12)10-7-3-5-8-4-1-2-6-9(8)10/h1-7,11-15,18-22H/t11-,12+,13+,14?,15?,16+/m1/s1. The Bertz CT molecular complexity index is 703. The molecule has 1 fully saturated rings. The van der Waals surface area contributed by atoms with Crippen molar-refractivity contribution in [3.05, 3.63) is 48.0 Å². The van der Waals surface area contributed by atoms with Crippen molar-refractivity contribution in [2.24, 2.45) is 0 Å². The molecule has 3 rings (SSSR count). The van der Waals surface area contributed by atoms with Gasteiger partial charge in [0.25, 0.3) is 0 Å². The lowest BCUT2D eigenvalue weighted by molar-refractivity contribution is -0.336. The van der Waals surface area contributed by atoms with Gasteiger partial charge in [0.15, 0.2) is 11.9 Å². The molecule has 6 atom stereocenters. The summed E-state index contributed by atoms with van der Waals surface area (Å²) in [5.41, 5.74) is -2.00. The first-order valence-corrected chi connectivity index (χ1v) is 8.01. The van der Waals surface area contributed by atoms with Gasteiger partial charge in [-0.3, -0.25) is 0 Å². The highest BCUT2D eigenvalue weighted by Crippen LogP contribution is 2.41. The number of fused-ring (bicyclic) bond motifs is 1. The van der Waals surface area contributed by atoms with Gasteiger partial charge < -0.3 is 30.3 Å². The highest BCUT2D eigenvalue weighted by atomic mass is 79.9. The van der Waals surface area contributed by atoms with Crippen LogP contribution in [-0.4, -0.2) is 55.1 Å². The van der Waals surface area contributed by atoms with Crippen molar-refractivity contribution in [1.29, 1.82) is 0 Å². The van der Waals surface area contributed by atoms with Crippen molar-refractivity contribution >= 4 is 26.7 Å². The lowest BCUT2D eigenvalue weighted by atomic mass is 9.79. The van der Waals surface area contributed by atoms with Crippen LogP contribution in [0.1, 0.15) is 5.56 Å². The van der Waals surface area contributed by atoms with Crippen molar-refractivity contribution in [2.45, 2.75) is 35.2 Å². The Morgan fingerprint density at radius 3 is 2.39 bits per heavy atom. The molecule has 0 spiro atoms. The molecular weight excluding hydrogens is 368 g/mol. The van der Waals surface area contributed by atoms with Crippen LogP contribution in [0.15, 0.2) is 42.5 Å². The SMILES string of the molecule is OC(Br)[C@H]1OC(O)[C@](O)(c2cccc3ccccc23)[C@@H](O)[C@@H]1O. The number of ether oxygens (including phenoxy) is 1. The maximum absolute atomic E-state index is 11.0. The van der Waals surface area contributed by atoms with Gasteiger partial charge in [0.05, 0.1) is 0 Å². The summed E-state index contributed by atoms with van der Waals surface area (Å²) >= 11 is 2.83. The smallest absolute Gasteiger partial charge is 0.191 e. The molecule has 1 aliphatic heterocycles. The van der Waals surface area contributed by atoms with Crippen LogP contribution < -0.4 is 0 Å². The van der Waals surface area contributed by atoms with Crippen molar-refractivity contribution < 1.29 is 30.3 Å². The third-order valence-corrected chi connectivity index (χ3v) is 4.79. The maximum Gasteiger partial charge on any atom is 0.191 e. The molecule has 0 saturated carbocycles. The van der Waals surface area contributed by atoms with E-state index < -0.39 is 35.2 Å². The fraction of sp³-hybridized carbons (Fsp3) is 0.375. The number of benzene rings is 2.